The summed E-state index contributed by atoms with van der Waals surface area (Å²) in [7, 11) is 0. The third-order valence-electron chi connectivity index (χ3n) is 4.75. The van der Waals surface area contributed by atoms with E-state index in [1.807, 2.05) is 11.3 Å². The molecular formula is C20H10NS+. The highest BCUT2D eigenvalue weighted by Crippen LogP contribution is 2.59. The van der Waals surface area contributed by atoms with Crippen molar-refractivity contribution >= 4 is 42.9 Å². The molecule has 0 saturated heterocycles. The zero-order valence-corrected chi connectivity index (χ0v) is 12.4. The van der Waals surface area contributed by atoms with Gasteiger partial charge in [-0.25, -0.2) is 0 Å². The zero-order chi connectivity index (χ0) is 14.3. The van der Waals surface area contributed by atoms with Crippen molar-refractivity contribution in [3.8, 4) is 23.2 Å². The molecule has 0 bridgehead atoms. The quantitative estimate of drug-likeness (QED) is 0.292. The number of rotatable bonds is 0. The van der Waals surface area contributed by atoms with E-state index >= 15 is 0 Å². The molecule has 2 aliphatic rings. The van der Waals surface area contributed by atoms with Crippen LogP contribution in [-0.2, 0) is 0 Å². The van der Waals surface area contributed by atoms with Crippen molar-refractivity contribution < 1.29 is 0 Å². The van der Waals surface area contributed by atoms with E-state index in [0.29, 0.717) is 4.48 Å². The van der Waals surface area contributed by atoms with Gasteiger partial charge in [-0.3, -0.25) is 0 Å². The van der Waals surface area contributed by atoms with Crippen LogP contribution in [0.1, 0.15) is 0 Å². The maximum atomic E-state index is 3.35. The van der Waals surface area contributed by atoms with Crippen molar-refractivity contribution in [1.29, 1.82) is 0 Å². The highest BCUT2D eigenvalue weighted by Gasteiger charge is 2.52. The molecule has 6 rings (SSSR count). The fourth-order valence-electron chi connectivity index (χ4n) is 3.72. The number of nitrogens with zero attached hydrogens (tertiary/aromatic N) is 1. The van der Waals surface area contributed by atoms with E-state index in [4.69, 9.17) is 0 Å². The molecule has 0 atom stereocenters. The smallest absolute Gasteiger partial charge is 0.129 e. The minimum atomic E-state index is 0.579. The van der Waals surface area contributed by atoms with Crippen LogP contribution in [-0.4, -0.2) is 0 Å². The average Bonchev–Trinajstić information content (AvgIpc) is 3.20. The molecule has 1 nitrogen and oxygen atoms in total. The van der Waals surface area contributed by atoms with Gasteiger partial charge in [0, 0.05) is 21.5 Å². The van der Waals surface area contributed by atoms with Crippen LogP contribution in [0.5, 0.6) is 0 Å². The van der Waals surface area contributed by atoms with Crippen LogP contribution >= 0.6 is 11.3 Å². The first-order valence-electron chi connectivity index (χ1n) is 7.37. The SMILES string of the molecule is C1#C[N+]12c1ccccc1-c1ccc3c(sc4ccccc43)c12. The van der Waals surface area contributed by atoms with Gasteiger partial charge in [-0.1, -0.05) is 40.9 Å². The van der Waals surface area contributed by atoms with Crippen LogP contribution in [0.2, 0.25) is 0 Å². The van der Waals surface area contributed by atoms with Gasteiger partial charge in [0.1, 0.15) is 0 Å². The lowest BCUT2D eigenvalue weighted by Gasteiger charge is -2.08. The van der Waals surface area contributed by atoms with Crippen LogP contribution in [0, 0.1) is 12.1 Å². The molecular weight excluding hydrogens is 286 g/mol. The second-order valence-corrected chi connectivity index (χ2v) is 6.90. The minimum Gasteiger partial charge on any atom is -0.129 e. The molecule has 2 heteroatoms. The molecule has 1 aromatic heterocycles. The number of benzene rings is 3. The second kappa shape index (κ2) is 3.41. The van der Waals surface area contributed by atoms with Crippen molar-refractivity contribution in [3.05, 3.63) is 60.7 Å². The predicted molar refractivity (Wildman–Crippen MR) is 94.0 cm³/mol. The maximum Gasteiger partial charge on any atom is 0.230 e. The van der Waals surface area contributed by atoms with Crippen molar-refractivity contribution in [2.75, 3.05) is 0 Å². The number of hydrogen-bond acceptors (Lipinski definition) is 1. The van der Waals surface area contributed by atoms with Crippen molar-refractivity contribution in [2.24, 2.45) is 0 Å². The lowest BCUT2D eigenvalue weighted by atomic mass is 10.0. The van der Waals surface area contributed by atoms with E-state index in [2.05, 4.69) is 72.8 Å². The molecule has 1 spiro atoms. The fraction of sp³-hybridized carbons (Fsp3) is 0. The van der Waals surface area contributed by atoms with Gasteiger partial charge >= 0.3 is 0 Å². The molecule has 0 fully saturated rings. The van der Waals surface area contributed by atoms with Gasteiger partial charge in [-0.05, 0) is 18.2 Å². The van der Waals surface area contributed by atoms with Gasteiger partial charge in [0.25, 0.3) is 0 Å². The van der Waals surface area contributed by atoms with E-state index in [-0.39, 0.29) is 0 Å². The molecule has 0 amide bonds. The summed E-state index contributed by atoms with van der Waals surface area (Å²) < 4.78 is 3.30. The van der Waals surface area contributed by atoms with E-state index < -0.39 is 0 Å². The Kier molecular flexibility index (Phi) is 1.71. The summed E-state index contributed by atoms with van der Waals surface area (Å²) in [6.45, 7) is 0. The van der Waals surface area contributed by atoms with Crippen molar-refractivity contribution in [2.45, 2.75) is 0 Å². The highest BCUT2D eigenvalue weighted by molar-refractivity contribution is 7.26. The maximum absolute atomic E-state index is 3.35. The van der Waals surface area contributed by atoms with Crippen LogP contribution in [0.25, 0.3) is 31.3 Å². The van der Waals surface area contributed by atoms with Gasteiger partial charge in [0.15, 0.2) is 11.4 Å². The largest absolute Gasteiger partial charge is 0.230 e. The second-order valence-electron chi connectivity index (χ2n) is 5.85. The Bertz CT molecular complexity index is 1180. The minimum absolute atomic E-state index is 0.579. The number of quaternary nitrogens is 1. The topological polar surface area (TPSA) is 0 Å². The van der Waals surface area contributed by atoms with Gasteiger partial charge in [0.05, 0.1) is 15.8 Å². The Morgan fingerprint density at radius 1 is 0.727 bits per heavy atom. The van der Waals surface area contributed by atoms with Crippen LogP contribution in [0.4, 0.5) is 11.4 Å². The summed E-state index contributed by atoms with van der Waals surface area (Å²) in [5, 5.41) is 2.70. The number of hydrogen-bond donors (Lipinski definition) is 0. The molecule has 22 heavy (non-hydrogen) atoms. The monoisotopic (exact) mass is 296 g/mol. The molecule has 100 valence electrons. The van der Waals surface area contributed by atoms with Gasteiger partial charge in [-0.15, -0.1) is 11.3 Å². The summed E-state index contributed by atoms with van der Waals surface area (Å²) in [6, 6.07) is 28.5. The van der Waals surface area contributed by atoms with E-state index in [9.17, 15) is 0 Å². The lowest BCUT2D eigenvalue weighted by molar-refractivity contribution is 0.858. The molecule has 3 aromatic carbocycles. The summed E-state index contributed by atoms with van der Waals surface area (Å²) in [4.78, 5) is 0. The molecule has 0 saturated carbocycles. The van der Waals surface area contributed by atoms with Crippen molar-refractivity contribution in [1.82, 2.24) is 4.48 Å². The molecule has 2 aliphatic heterocycles. The molecule has 0 unspecified atom stereocenters. The Morgan fingerprint density at radius 2 is 1.55 bits per heavy atom. The normalized spacial score (nSPS) is 15.6. The summed E-state index contributed by atoms with van der Waals surface area (Å²) >= 11 is 1.88. The summed E-state index contributed by atoms with van der Waals surface area (Å²) in [6.07, 6.45) is 0. The van der Waals surface area contributed by atoms with Crippen LogP contribution in [0.3, 0.4) is 0 Å². The molecule has 4 aromatic rings. The Balaban J connectivity index is 1.83. The number of para-hydroxylation sites is 1. The Morgan fingerprint density at radius 3 is 2.45 bits per heavy atom. The van der Waals surface area contributed by atoms with Crippen LogP contribution in [0.15, 0.2) is 60.7 Å². The molecule has 0 radical (unpaired) electrons. The fourth-order valence-corrected chi connectivity index (χ4v) is 5.01. The van der Waals surface area contributed by atoms with Gasteiger partial charge in [0.2, 0.25) is 12.1 Å². The molecule has 0 aliphatic carbocycles. The number of thiophene rings is 1. The lowest BCUT2D eigenvalue weighted by Crippen LogP contribution is -2.17. The molecule has 0 N–H and O–H groups in total. The third-order valence-corrected chi connectivity index (χ3v) is 5.94. The van der Waals surface area contributed by atoms with Crippen LogP contribution < -0.4 is 4.48 Å². The van der Waals surface area contributed by atoms with E-state index in [0.717, 1.165) is 0 Å². The van der Waals surface area contributed by atoms with Gasteiger partial charge in [-0.2, -0.15) is 0 Å². The highest BCUT2D eigenvalue weighted by atomic mass is 32.1. The van der Waals surface area contributed by atoms with Crippen molar-refractivity contribution in [3.63, 3.8) is 0 Å². The van der Waals surface area contributed by atoms with Gasteiger partial charge < -0.3 is 0 Å². The Labute approximate surface area is 131 Å². The average molecular weight is 296 g/mol. The first-order valence-corrected chi connectivity index (χ1v) is 8.18. The summed E-state index contributed by atoms with van der Waals surface area (Å²) in [5.41, 5.74) is 5.25. The van der Waals surface area contributed by atoms with E-state index in [1.54, 1.807) is 0 Å². The van der Waals surface area contributed by atoms with E-state index in [1.165, 1.54) is 42.7 Å². The first-order chi connectivity index (χ1) is 10.9. The third kappa shape index (κ3) is 1.09. The molecule has 3 heterocycles. The first kappa shape index (κ1) is 11.0. The number of fused-ring (bicyclic) bond motifs is 9. The Hall–Kier alpha value is -2.60. The standard InChI is InChI=1S/C20H10NS/c1-3-7-17-13(5-1)15-9-10-16-14-6-2-4-8-18(14)22-20(16)19(15)21(17)11-12-21/h1-10H/q+1. The summed E-state index contributed by atoms with van der Waals surface area (Å²) in [5.74, 6) is 0. The predicted octanol–water partition coefficient (Wildman–Crippen LogP) is 5.61. The zero-order valence-electron chi connectivity index (χ0n) is 11.6.